The molecule has 0 saturated carbocycles. The Kier molecular flexibility index (Phi) is 5.68. The van der Waals surface area contributed by atoms with E-state index in [-0.39, 0.29) is 5.57 Å². The smallest absolute Gasteiger partial charge is 0.291 e. The first-order chi connectivity index (χ1) is 15.0. The van der Waals surface area contributed by atoms with Gasteiger partial charge < -0.3 is 20.5 Å². The molecule has 0 aromatic heterocycles. The van der Waals surface area contributed by atoms with Gasteiger partial charge in [-0.1, -0.05) is 60.7 Å². The zero-order valence-corrected chi connectivity index (χ0v) is 16.7. The third kappa shape index (κ3) is 4.73. The highest BCUT2D eigenvalue weighted by atomic mass is 16.5. The van der Waals surface area contributed by atoms with Gasteiger partial charge in [-0.25, -0.2) is 4.99 Å². The van der Waals surface area contributed by atoms with Crippen LogP contribution in [0.4, 0.5) is 0 Å². The fraction of sp³-hybridized carbons (Fsp3) is 0.0833. The van der Waals surface area contributed by atoms with E-state index in [0.717, 1.165) is 11.1 Å². The second-order valence-corrected chi connectivity index (χ2v) is 6.94. The van der Waals surface area contributed by atoms with Gasteiger partial charge in [0.25, 0.3) is 11.8 Å². The van der Waals surface area contributed by atoms with E-state index in [9.17, 15) is 4.79 Å². The van der Waals surface area contributed by atoms with E-state index >= 15 is 0 Å². The molecule has 3 aromatic rings. The third-order valence-corrected chi connectivity index (χ3v) is 4.68. The predicted molar refractivity (Wildman–Crippen MR) is 118 cm³/mol. The van der Waals surface area contributed by atoms with Gasteiger partial charge in [-0.3, -0.25) is 10.5 Å². The number of nitrogens with one attached hydrogen (secondary N) is 1. The standard InChI is InChI=1S/C24H22N4O3/c25-22(29)21-15-27-23(18-9-5-2-6-10-18)28-24(21,26)31-20-13-11-19(12-14-20)30-16-17-7-3-1-4-8-17/h1-15H,16,26H2,(H2,25,29)(H,27,28). The van der Waals surface area contributed by atoms with E-state index in [0.29, 0.717) is 23.9 Å². The van der Waals surface area contributed by atoms with Crippen LogP contribution in [0.15, 0.2) is 102 Å². The maximum absolute atomic E-state index is 11.9. The number of hydrogen-bond donors (Lipinski definition) is 3. The summed E-state index contributed by atoms with van der Waals surface area (Å²) in [6.45, 7) is 0.451. The maximum atomic E-state index is 11.9. The Bertz CT molecular complexity index is 1110. The van der Waals surface area contributed by atoms with Gasteiger partial charge in [0.05, 0.1) is 0 Å². The van der Waals surface area contributed by atoms with Crippen LogP contribution in [0.2, 0.25) is 0 Å². The van der Waals surface area contributed by atoms with Crippen molar-refractivity contribution in [3.05, 3.63) is 108 Å². The maximum Gasteiger partial charge on any atom is 0.291 e. The third-order valence-electron chi connectivity index (χ3n) is 4.68. The number of carbonyl (C=O) groups is 1. The van der Waals surface area contributed by atoms with Crippen LogP contribution in [0.1, 0.15) is 11.1 Å². The average Bonchev–Trinajstić information content (AvgIpc) is 2.79. The van der Waals surface area contributed by atoms with Crippen molar-refractivity contribution in [2.75, 3.05) is 0 Å². The summed E-state index contributed by atoms with van der Waals surface area (Å²) in [4.78, 5) is 16.4. The monoisotopic (exact) mass is 414 g/mol. The van der Waals surface area contributed by atoms with Gasteiger partial charge >= 0.3 is 0 Å². The minimum absolute atomic E-state index is 0.0107. The molecule has 1 unspecified atom stereocenters. The molecule has 5 N–H and O–H groups in total. The van der Waals surface area contributed by atoms with Crippen LogP contribution in [-0.2, 0) is 11.4 Å². The Morgan fingerprint density at radius 3 is 2.16 bits per heavy atom. The normalized spacial score (nSPS) is 17.7. The Balaban J connectivity index is 1.52. The molecule has 0 saturated heterocycles. The highest BCUT2D eigenvalue weighted by molar-refractivity contribution is 6.03. The van der Waals surface area contributed by atoms with E-state index in [1.165, 1.54) is 6.20 Å². The highest BCUT2D eigenvalue weighted by Crippen LogP contribution is 2.27. The van der Waals surface area contributed by atoms with Crippen LogP contribution < -0.4 is 26.3 Å². The van der Waals surface area contributed by atoms with Gasteiger partial charge in [0.15, 0.2) is 0 Å². The lowest BCUT2D eigenvalue weighted by Gasteiger charge is -2.31. The number of benzene rings is 3. The molecule has 1 atom stereocenters. The Labute approximate surface area is 180 Å². The van der Waals surface area contributed by atoms with E-state index in [1.807, 2.05) is 60.7 Å². The second-order valence-electron chi connectivity index (χ2n) is 6.94. The van der Waals surface area contributed by atoms with Crippen molar-refractivity contribution in [3.63, 3.8) is 0 Å². The molecule has 0 spiro atoms. The number of nitrogens with two attached hydrogens (primary N) is 2. The molecule has 7 nitrogen and oxygen atoms in total. The summed E-state index contributed by atoms with van der Waals surface area (Å²) in [6, 6.07) is 26.2. The summed E-state index contributed by atoms with van der Waals surface area (Å²) in [7, 11) is 0. The lowest BCUT2D eigenvalue weighted by molar-refractivity contribution is -0.116. The van der Waals surface area contributed by atoms with Gasteiger partial charge in [-0.05, 0) is 29.8 Å². The number of aliphatic imine (C=N–C) groups is 1. The Hall–Kier alpha value is -4.10. The molecule has 31 heavy (non-hydrogen) atoms. The number of nitrogens with zero attached hydrogens (tertiary/aromatic N) is 1. The SMILES string of the molecule is NC(=O)C1=CNC(c2ccccc2)=NC1(N)Oc1ccc(OCc2ccccc2)cc1. The van der Waals surface area contributed by atoms with Gasteiger partial charge in [0.1, 0.15) is 29.5 Å². The molecule has 156 valence electrons. The number of amidine groups is 1. The number of carbonyl (C=O) groups excluding carboxylic acids is 1. The van der Waals surface area contributed by atoms with Crippen LogP contribution in [0, 0.1) is 0 Å². The molecule has 1 heterocycles. The summed E-state index contributed by atoms with van der Waals surface area (Å²) in [5, 5.41) is 2.96. The van der Waals surface area contributed by atoms with Crippen LogP contribution in [-0.4, -0.2) is 17.6 Å². The van der Waals surface area contributed by atoms with Crippen molar-refractivity contribution in [2.45, 2.75) is 12.5 Å². The molecule has 0 aliphatic carbocycles. The number of amides is 1. The van der Waals surface area contributed by atoms with Crippen LogP contribution in [0.3, 0.4) is 0 Å². The molecular formula is C24H22N4O3. The second kappa shape index (κ2) is 8.73. The quantitative estimate of drug-likeness (QED) is 0.515. The number of rotatable bonds is 7. The van der Waals surface area contributed by atoms with Crippen LogP contribution in [0.25, 0.3) is 0 Å². The summed E-state index contributed by atoms with van der Waals surface area (Å²) >= 11 is 0. The van der Waals surface area contributed by atoms with Crippen molar-refractivity contribution < 1.29 is 14.3 Å². The molecule has 0 radical (unpaired) electrons. The number of hydrogen-bond acceptors (Lipinski definition) is 6. The zero-order valence-electron chi connectivity index (χ0n) is 16.7. The molecule has 1 aliphatic rings. The van der Waals surface area contributed by atoms with Crippen molar-refractivity contribution in [1.82, 2.24) is 5.32 Å². The summed E-state index contributed by atoms with van der Waals surface area (Å²) in [5.41, 5.74) is 13.8. The molecule has 7 heteroatoms. The summed E-state index contributed by atoms with van der Waals surface area (Å²) in [5.74, 6) is -0.939. The van der Waals surface area contributed by atoms with Crippen molar-refractivity contribution in [1.29, 1.82) is 0 Å². The minimum atomic E-state index is -1.77. The fourth-order valence-corrected chi connectivity index (χ4v) is 3.10. The van der Waals surface area contributed by atoms with E-state index < -0.39 is 11.8 Å². The van der Waals surface area contributed by atoms with Gasteiger partial charge in [-0.15, -0.1) is 0 Å². The molecule has 0 bridgehead atoms. The van der Waals surface area contributed by atoms with Crippen molar-refractivity contribution >= 4 is 11.7 Å². The minimum Gasteiger partial charge on any atom is -0.489 e. The largest absolute Gasteiger partial charge is 0.489 e. The first-order valence-corrected chi connectivity index (χ1v) is 9.70. The van der Waals surface area contributed by atoms with Crippen LogP contribution >= 0.6 is 0 Å². The van der Waals surface area contributed by atoms with Crippen molar-refractivity contribution in [3.8, 4) is 11.5 Å². The van der Waals surface area contributed by atoms with E-state index in [2.05, 4.69) is 10.3 Å². The summed E-state index contributed by atoms with van der Waals surface area (Å²) in [6.07, 6.45) is 1.43. The Morgan fingerprint density at radius 1 is 0.903 bits per heavy atom. The summed E-state index contributed by atoms with van der Waals surface area (Å²) < 4.78 is 11.7. The first kappa shape index (κ1) is 20.2. The topological polar surface area (TPSA) is 112 Å². The lowest BCUT2D eigenvalue weighted by Crippen LogP contribution is -2.53. The molecule has 4 rings (SSSR count). The molecule has 1 amide bonds. The van der Waals surface area contributed by atoms with E-state index in [1.54, 1.807) is 24.3 Å². The molecule has 0 fully saturated rings. The molecule has 1 aliphatic heterocycles. The highest BCUT2D eigenvalue weighted by Gasteiger charge is 2.39. The van der Waals surface area contributed by atoms with E-state index in [4.69, 9.17) is 20.9 Å². The predicted octanol–water partition coefficient (Wildman–Crippen LogP) is 2.68. The van der Waals surface area contributed by atoms with Gasteiger partial charge in [0, 0.05) is 11.8 Å². The molecular weight excluding hydrogens is 392 g/mol. The van der Waals surface area contributed by atoms with Gasteiger partial charge in [0.2, 0.25) is 0 Å². The Morgan fingerprint density at radius 2 is 1.52 bits per heavy atom. The fourth-order valence-electron chi connectivity index (χ4n) is 3.10. The molecule has 3 aromatic carbocycles. The van der Waals surface area contributed by atoms with Gasteiger partial charge in [-0.2, -0.15) is 0 Å². The number of ether oxygens (including phenoxy) is 2. The first-order valence-electron chi connectivity index (χ1n) is 9.70. The van der Waals surface area contributed by atoms with Crippen LogP contribution in [0.5, 0.6) is 11.5 Å². The zero-order chi connectivity index (χ0) is 21.7. The van der Waals surface area contributed by atoms with Crippen molar-refractivity contribution in [2.24, 2.45) is 16.5 Å². The lowest BCUT2D eigenvalue weighted by atomic mass is 10.1. The number of primary amides is 1. The average molecular weight is 414 g/mol.